The standard InChI is InChI=1S/C26H26FN3O5S/c1-5-35-25(32)23-15(2)28-26-30(24(23)20-13-19(33-3)10-11-21(20)34-4)18(14-36-26)12-22(31)29-17-8-6-16(27)7-9-17/h6-11,13-14,24H,5,12H2,1-4H3,(H,29,31)/t24-/m0/s1. The minimum atomic E-state index is -0.665. The number of esters is 1. The van der Waals surface area contributed by atoms with Gasteiger partial charge in [-0.05, 0) is 61.7 Å². The van der Waals surface area contributed by atoms with Crippen molar-refractivity contribution in [3.8, 4) is 11.5 Å². The van der Waals surface area contributed by atoms with E-state index in [1.165, 1.54) is 36.0 Å². The molecule has 0 radical (unpaired) electrons. The van der Waals surface area contributed by atoms with Gasteiger partial charge in [0.25, 0.3) is 0 Å². The lowest BCUT2D eigenvalue weighted by Gasteiger charge is -2.36. The minimum absolute atomic E-state index is 0.00132. The molecule has 0 spiro atoms. The Labute approximate surface area is 212 Å². The summed E-state index contributed by atoms with van der Waals surface area (Å²) in [4.78, 5) is 32.5. The second-order valence-corrected chi connectivity index (χ2v) is 8.79. The van der Waals surface area contributed by atoms with Gasteiger partial charge in [-0.15, -0.1) is 0 Å². The predicted molar refractivity (Wildman–Crippen MR) is 136 cm³/mol. The molecule has 0 fully saturated rings. The summed E-state index contributed by atoms with van der Waals surface area (Å²) >= 11 is 1.36. The summed E-state index contributed by atoms with van der Waals surface area (Å²) in [6, 6.07) is 10.2. The van der Waals surface area contributed by atoms with Crippen molar-refractivity contribution in [2.75, 3.05) is 26.1 Å². The van der Waals surface area contributed by atoms with Crippen LogP contribution in [0, 0.1) is 5.82 Å². The van der Waals surface area contributed by atoms with Gasteiger partial charge in [-0.3, -0.25) is 4.79 Å². The van der Waals surface area contributed by atoms with Gasteiger partial charge in [-0.25, -0.2) is 14.2 Å². The highest BCUT2D eigenvalue weighted by atomic mass is 32.2. The molecule has 188 valence electrons. The normalized spacial score (nSPS) is 16.7. The van der Waals surface area contributed by atoms with Gasteiger partial charge in [0.2, 0.25) is 5.91 Å². The fraction of sp³-hybridized carbons (Fsp3) is 0.269. The Morgan fingerprint density at radius 1 is 1.14 bits per heavy atom. The number of thioether (sulfide) groups is 1. The zero-order chi connectivity index (χ0) is 25.8. The maximum absolute atomic E-state index is 13.2. The molecule has 4 rings (SSSR count). The van der Waals surface area contributed by atoms with E-state index in [-0.39, 0.29) is 24.8 Å². The number of ether oxygens (including phenoxy) is 3. The number of amides is 1. The van der Waals surface area contributed by atoms with E-state index in [0.717, 1.165) is 0 Å². The quantitative estimate of drug-likeness (QED) is 0.499. The van der Waals surface area contributed by atoms with Gasteiger partial charge in [0, 0.05) is 16.9 Å². The summed E-state index contributed by atoms with van der Waals surface area (Å²) in [7, 11) is 3.11. The van der Waals surface area contributed by atoms with Crippen molar-refractivity contribution in [3.05, 3.63) is 76.2 Å². The molecule has 2 aliphatic rings. The van der Waals surface area contributed by atoms with Crippen LogP contribution in [-0.4, -0.2) is 42.8 Å². The van der Waals surface area contributed by atoms with Crippen LogP contribution in [0.15, 0.2) is 69.8 Å². The Hall–Kier alpha value is -3.79. The van der Waals surface area contributed by atoms with Gasteiger partial charge in [0.1, 0.15) is 17.3 Å². The number of rotatable bonds is 8. The SMILES string of the molecule is CCOC(=O)C1=C(C)N=C2SC=C(CC(=O)Nc3ccc(F)cc3)N2[C@H]1c1cc(OC)ccc1OC. The fourth-order valence-electron chi connectivity index (χ4n) is 4.09. The first kappa shape index (κ1) is 25.3. The average Bonchev–Trinajstić information content (AvgIpc) is 3.25. The third-order valence-corrected chi connectivity index (χ3v) is 6.59. The number of nitrogens with one attached hydrogen (secondary N) is 1. The van der Waals surface area contributed by atoms with Gasteiger partial charge in [0.15, 0.2) is 5.17 Å². The molecule has 1 N–H and O–H groups in total. The van der Waals surface area contributed by atoms with Crippen molar-refractivity contribution < 1.29 is 28.2 Å². The van der Waals surface area contributed by atoms with Crippen molar-refractivity contribution in [2.45, 2.75) is 26.3 Å². The molecule has 2 aliphatic heterocycles. The molecular formula is C26H26FN3O5S. The molecule has 10 heteroatoms. The van der Waals surface area contributed by atoms with E-state index in [1.54, 1.807) is 46.3 Å². The van der Waals surface area contributed by atoms with Crippen LogP contribution >= 0.6 is 11.8 Å². The molecule has 1 atom stereocenters. The van der Waals surface area contributed by atoms with Crippen LogP contribution in [0.5, 0.6) is 11.5 Å². The highest BCUT2D eigenvalue weighted by Gasteiger charge is 2.42. The lowest BCUT2D eigenvalue weighted by Crippen LogP contribution is -2.37. The summed E-state index contributed by atoms with van der Waals surface area (Å²) in [5, 5.41) is 5.24. The second kappa shape index (κ2) is 10.9. The number of carbonyl (C=O) groups is 2. The number of fused-ring (bicyclic) bond motifs is 1. The maximum atomic E-state index is 13.2. The van der Waals surface area contributed by atoms with E-state index >= 15 is 0 Å². The first-order valence-electron chi connectivity index (χ1n) is 11.2. The Kier molecular flexibility index (Phi) is 7.64. The number of aliphatic imine (C=N–C) groups is 1. The molecule has 36 heavy (non-hydrogen) atoms. The van der Waals surface area contributed by atoms with E-state index in [4.69, 9.17) is 14.2 Å². The van der Waals surface area contributed by atoms with E-state index in [1.807, 2.05) is 10.3 Å². The first-order chi connectivity index (χ1) is 17.4. The summed E-state index contributed by atoms with van der Waals surface area (Å²) < 4.78 is 29.7. The largest absolute Gasteiger partial charge is 0.497 e. The topological polar surface area (TPSA) is 89.5 Å². The van der Waals surface area contributed by atoms with Crippen molar-refractivity contribution in [3.63, 3.8) is 0 Å². The molecule has 2 heterocycles. The molecule has 0 saturated heterocycles. The van der Waals surface area contributed by atoms with E-state index in [9.17, 15) is 14.0 Å². The molecule has 0 aliphatic carbocycles. The molecule has 2 aromatic rings. The lowest BCUT2D eigenvalue weighted by atomic mass is 9.92. The van der Waals surface area contributed by atoms with Gasteiger partial charge < -0.3 is 24.4 Å². The number of anilines is 1. The van der Waals surface area contributed by atoms with Gasteiger partial charge in [-0.2, -0.15) is 0 Å². The minimum Gasteiger partial charge on any atom is -0.497 e. The van der Waals surface area contributed by atoms with E-state index in [0.29, 0.717) is 44.9 Å². The van der Waals surface area contributed by atoms with Gasteiger partial charge in [0.05, 0.1) is 44.6 Å². The zero-order valence-electron chi connectivity index (χ0n) is 20.3. The van der Waals surface area contributed by atoms with Crippen LogP contribution < -0.4 is 14.8 Å². The Morgan fingerprint density at radius 2 is 1.89 bits per heavy atom. The summed E-state index contributed by atoms with van der Waals surface area (Å²) in [5.74, 6) is -0.0543. The molecular weight excluding hydrogens is 485 g/mol. The third-order valence-electron chi connectivity index (χ3n) is 5.70. The molecule has 0 aromatic heterocycles. The van der Waals surface area contributed by atoms with Crippen LogP contribution in [0.4, 0.5) is 10.1 Å². The van der Waals surface area contributed by atoms with Crippen molar-refractivity contribution in [2.24, 2.45) is 4.99 Å². The monoisotopic (exact) mass is 511 g/mol. The summed E-state index contributed by atoms with van der Waals surface area (Å²) in [5.41, 5.74) is 2.66. The smallest absolute Gasteiger partial charge is 0.338 e. The van der Waals surface area contributed by atoms with E-state index < -0.39 is 12.0 Å². The second-order valence-electron chi connectivity index (χ2n) is 7.95. The van der Waals surface area contributed by atoms with Gasteiger partial charge >= 0.3 is 5.97 Å². The molecule has 1 amide bonds. The average molecular weight is 512 g/mol. The number of allylic oxidation sites excluding steroid dienone is 1. The van der Waals surface area contributed by atoms with Crippen molar-refractivity contribution >= 4 is 34.5 Å². The fourth-order valence-corrected chi connectivity index (χ4v) is 5.05. The van der Waals surface area contributed by atoms with Gasteiger partial charge in [-0.1, -0.05) is 11.8 Å². The lowest BCUT2D eigenvalue weighted by molar-refractivity contribution is -0.139. The number of hydrogen-bond donors (Lipinski definition) is 1. The number of amidine groups is 1. The molecule has 2 aromatic carbocycles. The van der Waals surface area contributed by atoms with E-state index in [2.05, 4.69) is 10.3 Å². The summed E-state index contributed by atoms with van der Waals surface area (Å²) in [6.07, 6.45) is 0.00132. The van der Waals surface area contributed by atoms with Crippen LogP contribution in [0.3, 0.4) is 0 Å². The summed E-state index contributed by atoms with van der Waals surface area (Å²) in [6.45, 7) is 3.70. The number of carbonyl (C=O) groups excluding carboxylic acids is 2. The number of hydrogen-bond acceptors (Lipinski definition) is 8. The van der Waals surface area contributed by atoms with Crippen molar-refractivity contribution in [1.29, 1.82) is 0 Å². The van der Waals surface area contributed by atoms with Crippen LogP contribution in [0.25, 0.3) is 0 Å². The van der Waals surface area contributed by atoms with Crippen molar-refractivity contribution in [1.82, 2.24) is 4.90 Å². The number of benzene rings is 2. The molecule has 8 nitrogen and oxygen atoms in total. The number of nitrogens with zero attached hydrogens (tertiary/aromatic N) is 2. The maximum Gasteiger partial charge on any atom is 0.338 e. The highest BCUT2D eigenvalue weighted by Crippen LogP contribution is 2.47. The highest BCUT2D eigenvalue weighted by molar-refractivity contribution is 8.16. The Morgan fingerprint density at radius 3 is 2.56 bits per heavy atom. The Balaban J connectivity index is 1.73. The third kappa shape index (κ3) is 5.08. The first-order valence-corrected chi connectivity index (χ1v) is 12.1. The number of halogens is 1. The molecule has 0 bridgehead atoms. The zero-order valence-corrected chi connectivity index (χ0v) is 21.1. The Bertz CT molecular complexity index is 1270. The van der Waals surface area contributed by atoms with Crippen LogP contribution in [-0.2, 0) is 14.3 Å². The number of methoxy groups -OCH3 is 2. The van der Waals surface area contributed by atoms with Crippen LogP contribution in [0.1, 0.15) is 31.9 Å². The molecule has 0 unspecified atom stereocenters. The molecule has 0 saturated carbocycles. The van der Waals surface area contributed by atoms with Crippen LogP contribution in [0.2, 0.25) is 0 Å². The predicted octanol–water partition coefficient (Wildman–Crippen LogP) is 5.01.